The SMILES string of the molecule is Oc1cccc(NCc2cncc3ccccc23)c1. The van der Waals surface area contributed by atoms with Crippen LogP contribution < -0.4 is 5.32 Å². The van der Waals surface area contributed by atoms with Crippen molar-refractivity contribution >= 4 is 16.5 Å². The zero-order chi connectivity index (χ0) is 13.1. The van der Waals surface area contributed by atoms with Crippen LogP contribution >= 0.6 is 0 Å². The van der Waals surface area contributed by atoms with Gasteiger partial charge in [-0.05, 0) is 23.1 Å². The number of anilines is 1. The highest BCUT2D eigenvalue weighted by Gasteiger charge is 2.01. The van der Waals surface area contributed by atoms with E-state index in [-0.39, 0.29) is 5.75 Å². The van der Waals surface area contributed by atoms with Gasteiger partial charge in [0.25, 0.3) is 0 Å². The van der Waals surface area contributed by atoms with Crippen molar-refractivity contribution < 1.29 is 5.11 Å². The quantitative estimate of drug-likeness (QED) is 0.747. The first kappa shape index (κ1) is 11.5. The van der Waals surface area contributed by atoms with E-state index in [0.717, 1.165) is 16.6 Å². The Hall–Kier alpha value is -2.55. The third-order valence-electron chi connectivity index (χ3n) is 3.08. The molecule has 0 aliphatic heterocycles. The van der Waals surface area contributed by atoms with Crippen LogP contribution in [0.4, 0.5) is 5.69 Å². The van der Waals surface area contributed by atoms with Crippen LogP contribution in [-0.4, -0.2) is 10.1 Å². The van der Waals surface area contributed by atoms with Gasteiger partial charge in [-0.2, -0.15) is 0 Å². The van der Waals surface area contributed by atoms with Crippen LogP contribution in [0.2, 0.25) is 0 Å². The number of rotatable bonds is 3. The zero-order valence-corrected chi connectivity index (χ0v) is 10.4. The molecule has 0 aliphatic carbocycles. The van der Waals surface area contributed by atoms with Gasteiger partial charge < -0.3 is 10.4 Å². The standard InChI is InChI=1S/C16H14N2O/c19-15-6-3-5-14(8-15)18-11-13-10-17-9-12-4-1-2-7-16(12)13/h1-10,18-19H,11H2. The maximum Gasteiger partial charge on any atom is 0.117 e. The van der Waals surface area contributed by atoms with Crippen LogP contribution in [0.5, 0.6) is 5.75 Å². The van der Waals surface area contributed by atoms with Gasteiger partial charge in [-0.15, -0.1) is 0 Å². The van der Waals surface area contributed by atoms with Gasteiger partial charge in [0.1, 0.15) is 5.75 Å². The topological polar surface area (TPSA) is 45.1 Å². The fourth-order valence-corrected chi connectivity index (χ4v) is 2.13. The predicted molar refractivity (Wildman–Crippen MR) is 77.2 cm³/mol. The van der Waals surface area contributed by atoms with E-state index in [0.29, 0.717) is 6.54 Å². The molecule has 0 spiro atoms. The Kier molecular flexibility index (Phi) is 3.02. The minimum absolute atomic E-state index is 0.265. The highest BCUT2D eigenvalue weighted by Crippen LogP contribution is 2.20. The number of hydrogen-bond acceptors (Lipinski definition) is 3. The van der Waals surface area contributed by atoms with E-state index in [1.807, 2.05) is 36.7 Å². The summed E-state index contributed by atoms with van der Waals surface area (Å²) in [5.74, 6) is 0.265. The molecule has 3 rings (SSSR count). The van der Waals surface area contributed by atoms with Crippen molar-refractivity contribution in [2.45, 2.75) is 6.54 Å². The van der Waals surface area contributed by atoms with Gasteiger partial charge >= 0.3 is 0 Å². The van der Waals surface area contributed by atoms with Gasteiger partial charge in [0.2, 0.25) is 0 Å². The zero-order valence-electron chi connectivity index (χ0n) is 10.4. The van der Waals surface area contributed by atoms with Crippen molar-refractivity contribution in [1.29, 1.82) is 0 Å². The van der Waals surface area contributed by atoms with Crippen LogP contribution in [0.25, 0.3) is 10.8 Å². The number of benzene rings is 2. The Morgan fingerprint density at radius 1 is 1.00 bits per heavy atom. The number of pyridine rings is 1. The van der Waals surface area contributed by atoms with E-state index in [4.69, 9.17) is 0 Å². The molecule has 2 N–H and O–H groups in total. The third-order valence-corrected chi connectivity index (χ3v) is 3.08. The van der Waals surface area contributed by atoms with Crippen LogP contribution in [0.3, 0.4) is 0 Å². The smallest absolute Gasteiger partial charge is 0.117 e. The highest BCUT2D eigenvalue weighted by molar-refractivity contribution is 5.84. The van der Waals surface area contributed by atoms with E-state index in [9.17, 15) is 5.11 Å². The van der Waals surface area contributed by atoms with E-state index in [2.05, 4.69) is 22.4 Å². The second-order valence-electron chi connectivity index (χ2n) is 4.42. The number of nitrogens with zero attached hydrogens (tertiary/aromatic N) is 1. The van der Waals surface area contributed by atoms with E-state index >= 15 is 0 Å². The summed E-state index contributed by atoms with van der Waals surface area (Å²) in [6, 6.07) is 15.3. The average Bonchev–Trinajstić information content (AvgIpc) is 2.45. The Morgan fingerprint density at radius 3 is 2.79 bits per heavy atom. The molecule has 0 fully saturated rings. The summed E-state index contributed by atoms with van der Waals surface area (Å²) in [6.07, 6.45) is 3.74. The largest absolute Gasteiger partial charge is 0.508 e. The Balaban J connectivity index is 1.86. The van der Waals surface area contributed by atoms with E-state index < -0.39 is 0 Å². The molecule has 1 aromatic heterocycles. The summed E-state index contributed by atoms with van der Waals surface area (Å²) in [7, 11) is 0. The lowest BCUT2D eigenvalue weighted by Crippen LogP contribution is -2.00. The van der Waals surface area contributed by atoms with Crippen molar-refractivity contribution in [3.8, 4) is 5.75 Å². The van der Waals surface area contributed by atoms with E-state index in [1.54, 1.807) is 12.1 Å². The van der Waals surface area contributed by atoms with Crippen LogP contribution in [-0.2, 0) is 6.54 Å². The van der Waals surface area contributed by atoms with Crippen molar-refractivity contribution in [2.24, 2.45) is 0 Å². The summed E-state index contributed by atoms with van der Waals surface area (Å²) in [5.41, 5.74) is 2.04. The molecular formula is C16H14N2O. The monoisotopic (exact) mass is 250 g/mol. The molecule has 0 unspecified atom stereocenters. The molecule has 0 saturated heterocycles. The number of hydrogen-bond donors (Lipinski definition) is 2. The molecule has 94 valence electrons. The van der Waals surface area contributed by atoms with Gasteiger partial charge in [-0.1, -0.05) is 30.3 Å². The molecule has 0 bridgehead atoms. The minimum atomic E-state index is 0.265. The summed E-state index contributed by atoms with van der Waals surface area (Å²) < 4.78 is 0. The molecular weight excluding hydrogens is 236 g/mol. The molecule has 19 heavy (non-hydrogen) atoms. The Bertz CT molecular complexity index is 704. The molecule has 0 atom stereocenters. The highest BCUT2D eigenvalue weighted by atomic mass is 16.3. The second kappa shape index (κ2) is 4.98. The fourth-order valence-electron chi connectivity index (χ4n) is 2.13. The first-order valence-corrected chi connectivity index (χ1v) is 6.17. The van der Waals surface area contributed by atoms with Crippen molar-refractivity contribution in [1.82, 2.24) is 4.98 Å². The maximum atomic E-state index is 9.43. The van der Waals surface area contributed by atoms with Crippen molar-refractivity contribution in [2.75, 3.05) is 5.32 Å². The molecule has 0 aliphatic rings. The lowest BCUT2D eigenvalue weighted by Gasteiger charge is -2.09. The number of fused-ring (bicyclic) bond motifs is 1. The van der Waals surface area contributed by atoms with Crippen molar-refractivity contribution in [3.63, 3.8) is 0 Å². The number of phenols is 1. The van der Waals surface area contributed by atoms with Crippen LogP contribution in [0.1, 0.15) is 5.56 Å². The van der Waals surface area contributed by atoms with Gasteiger partial charge in [0, 0.05) is 36.1 Å². The first-order chi connectivity index (χ1) is 9.33. The van der Waals surface area contributed by atoms with Gasteiger partial charge in [-0.3, -0.25) is 4.98 Å². The summed E-state index contributed by atoms with van der Waals surface area (Å²) in [4.78, 5) is 4.25. The normalized spacial score (nSPS) is 10.5. The van der Waals surface area contributed by atoms with Gasteiger partial charge in [0.05, 0.1) is 0 Å². The molecule has 3 aromatic rings. The molecule has 2 aromatic carbocycles. The first-order valence-electron chi connectivity index (χ1n) is 6.17. The molecule has 1 heterocycles. The molecule has 3 heteroatoms. The van der Waals surface area contributed by atoms with Crippen LogP contribution in [0, 0.1) is 0 Å². The fraction of sp³-hybridized carbons (Fsp3) is 0.0625. The second-order valence-corrected chi connectivity index (χ2v) is 4.42. The summed E-state index contributed by atoms with van der Waals surface area (Å²) >= 11 is 0. The number of aromatic hydroxyl groups is 1. The maximum absolute atomic E-state index is 9.43. The number of aromatic nitrogens is 1. The lowest BCUT2D eigenvalue weighted by atomic mass is 10.1. The molecule has 0 saturated carbocycles. The van der Waals surface area contributed by atoms with E-state index in [1.165, 1.54) is 5.39 Å². The molecule has 0 radical (unpaired) electrons. The van der Waals surface area contributed by atoms with Gasteiger partial charge in [0.15, 0.2) is 0 Å². The molecule has 3 nitrogen and oxygen atoms in total. The Labute approximate surface area is 111 Å². The summed E-state index contributed by atoms with van der Waals surface area (Å²) in [5, 5.41) is 15.1. The number of phenolic OH excluding ortho intramolecular Hbond substituents is 1. The summed E-state index contributed by atoms with van der Waals surface area (Å²) in [6.45, 7) is 0.678. The minimum Gasteiger partial charge on any atom is -0.508 e. The lowest BCUT2D eigenvalue weighted by molar-refractivity contribution is 0.475. The molecule has 0 amide bonds. The number of nitrogens with one attached hydrogen (secondary N) is 1. The predicted octanol–water partition coefficient (Wildman–Crippen LogP) is 3.55. The van der Waals surface area contributed by atoms with Crippen molar-refractivity contribution in [3.05, 3.63) is 66.5 Å². The third kappa shape index (κ3) is 2.50. The van der Waals surface area contributed by atoms with Crippen LogP contribution in [0.15, 0.2) is 60.9 Å². The average molecular weight is 250 g/mol. The van der Waals surface area contributed by atoms with Gasteiger partial charge in [-0.25, -0.2) is 0 Å². The Morgan fingerprint density at radius 2 is 1.89 bits per heavy atom.